The Hall–Kier alpha value is -1.39. The number of hydrogen-bond acceptors (Lipinski definition) is 3. The van der Waals surface area contributed by atoms with Crippen LogP contribution in [0.1, 0.15) is 24.0 Å². The third kappa shape index (κ3) is 3.14. The second kappa shape index (κ2) is 6.17. The molecule has 1 amide bonds. The van der Waals surface area contributed by atoms with Crippen molar-refractivity contribution in [1.82, 2.24) is 0 Å². The van der Waals surface area contributed by atoms with Crippen LogP contribution in [0, 0.1) is 13.8 Å². The molecule has 1 saturated heterocycles. The van der Waals surface area contributed by atoms with Gasteiger partial charge in [0.2, 0.25) is 0 Å². The second-order valence-corrected chi connectivity index (χ2v) is 5.05. The van der Waals surface area contributed by atoms with Crippen LogP contribution < -0.4 is 10.6 Å². The van der Waals surface area contributed by atoms with E-state index in [1.165, 1.54) is 11.1 Å². The smallest absolute Gasteiger partial charge is 0.256 e. The summed E-state index contributed by atoms with van der Waals surface area (Å²) in [5, 5.41) is 0. The molecular formula is C15H22N2O2. The maximum Gasteiger partial charge on any atom is 0.256 e. The maximum absolute atomic E-state index is 12.4. The summed E-state index contributed by atoms with van der Waals surface area (Å²) in [4.78, 5) is 14.2. The van der Waals surface area contributed by atoms with Gasteiger partial charge in [-0.3, -0.25) is 4.79 Å². The van der Waals surface area contributed by atoms with Crippen LogP contribution in [0.2, 0.25) is 0 Å². The van der Waals surface area contributed by atoms with Gasteiger partial charge in [-0.05, 0) is 56.5 Å². The second-order valence-electron chi connectivity index (χ2n) is 5.05. The lowest BCUT2D eigenvalue weighted by atomic mass is 10.1. The van der Waals surface area contributed by atoms with Crippen molar-refractivity contribution in [2.24, 2.45) is 5.73 Å². The van der Waals surface area contributed by atoms with Gasteiger partial charge in [0, 0.05) is 12.2 Å². The molecule has 0 saturated carbocycles. The summed E-state index contributed by atoms with van der Waals surface area (Å²) in [6, 6.07) is 6.13. The quantitative estimate of drug-likeness (QED) is 0.899. The number of benzene rings is 1. The average molecular weight is 262 g/mol. The Morgan fingerprint density at radius 2 is 2.16 bits per heavy atom. The lowest BCUT2D eigenvalue weighted by molar-refractivity contribution is -0.134. The lowest BCUT2D eigenvalue weighted by Gasteiger charge is -2.32. The first-order valence-corrected chi connectivity index (χ1v) is 6.84. The van der Waals surface area contributed by atoms with Gasteiger partial charge in [0.05, 0.1) is 6.61 Å². The van der Waals surface area contributed by atoms with Crippen LogP contribution in [0.25, 0.3) is 0 Å². The number of hydrogen-bond donors (Lipinski definition) is 1. The number of ether oxygens (including phenoxy) is 1. The molecule has 0 aromatic heterocycles. The number of carbonyl (C=O) groups is 1. The highest BCUT2D eigenvalue weighted by atomic mass is 16.5. The van der Waals surface area contributed by atoms with E-state index in [4.69, 9.17) is 10.5 Å². The number of carbonyl (C=O) groups excluding carboxylic acids is 1. The fourth-order valence-electron chi connectivity index (χ4n) is 2.30. The summed E-state index contributed by atoms with van der Waals surface area (Å²) >= 11 is 0. The van der Waals surface area contributed by atoms with Crippen LogP contribution in [0.5, 0.6) is 0 Å². The molecule has 0 bridgehead atoms. The standard InChI is InChI=1S/C15H22N2O2/c1-11-5-6-13(10-12(11)2)17-8-9-19-14(15(17)18)4-3-7-16/h5-6,10,14H,3-4,7-9,16H2,1-2H3. The molecule has 0 spiro atoms. The summed E-state index contributed by atoms with van der Waals surface area (Å²) in [6.45, 7) is 5.95. The first kappa shape index (κ1) is 14.0. The van der Waals surface area contributed by atoms with Crippen molar-refractivity contribution in [3.8, 4) is 0 Å². The van der Waals surface area contributed by atoms with Crippen molar-refractivity contribution in [1.29, 1.82) is 0 Å². The Morgan fingerprint density at radius 1 is 1.37 bits per heavy atom. The molecule has 1 aliphatic heterocycles. The van der Waals surface area contributed by atoms with Crippen molar-refractivity contribution >= 4 is 11.6 Å². The van der Waals surface area contributed by atoms with Crippen LogP contribution >= 0.6 is 0 Å². The molecule has 1 aliphatic rings. The van der Waals surface area contributed by atoms with Crippen molar-refractivity contribution in [2.75, 3.05) is 24.6 Å². The van der Waals surface area contributed by atoms with Gasteiger partial charge in [0.15, 0.2) is 0 Å². The summed E-state index contributed by atoms with van der Waals surface area (Å²) in [5.74, 6) is 0.0583. The highest BCUT2D eigenvalue weighted by Crippen LogP contribution is 2.23. The van der Waals surface area contributed by atoms with Gasteiger partial charge in [-0.25, -0.2) is 0 Å². The highest BCUT2D eigenvalue weighted by molar-refractivity contribution is 5.97. The fourth-order valence-corrected chi connectivity index (χ4v) is 2.30. The predicted octanol–water partition coefficient (Wildman–Crippen LogP) is 1.77. The zero-order valence-corrected chi connectivity index (χ0v) is 11.7. The topological polar surface area (TPSA) is 55.6 Å². The van der Waals surface area contributed by atoms with Crippen LogP contribution in [-0.2, 0) is 9.53 Å². The van der Waals surface area contributed by atoms with E-state index in [-0.39, 0.29) is 12.0 Å². The van der Waals surface area contributed by atoms with Crippen molar-refractivity contribution in [3.63, 3.8) is 0 Å². The van der Waals surface area contributed by atoms with Gasteiger partial charge in [-0.2, -0.15) is 0 Å². The summed E-state index contributed by atoms with van der Waals surface area (Å²) in [7, 11) is 0. The van der Waals surface area contributed by atoms with Crippen LogP contribution in [0.3, 0.4) is 0 Å². The van der Waals surface area contributed by atoms with E-state index in [2.05, 4.69) is 26.0 Å². The molecule has 4 heteroatoms. The Bertz CT molecular complexity index is 459. The predicted molar refractivity (Wildman–Crippen MR) is 76.3 cm³/mol. The van der Waals surface area contributed by atoms with E-state index in [1.54, 1.807) is 0 Å². The van der Waals surface area contributed by atoms with Gasteiger partial charge in [0.1, 0.15) is 6.10 Å². The van der Waals surface area contributed by atoms with Crippen LogP contribution in [0.4, 0.5) is 5.69 Å². The monoisotopic (exact) mass is 262 g/mol. The lowest BCUT2D eigenvalue weighted by Crippen LogP contribution is -2.48. The maximum atomic E-state index is 12.4. The van der Waals surface area contributed by atoms with E-state index in [0.29, 0.717) is 26.1 Å². The minimum atomic E-state index is -0.334. The Labute approximate surface area is 114 Å². The van der Waals surface area contributed by atoms with E-state index in [1.807, 2.05) is 11.0 Å². The molecule has 1 unspecified atom stereocenters. The third-order valence-corrected chi connectivity index (χ3v) is 3.65. The van der Waals surface area contributed by atoms with E-state index >= 15 is 0 Å². The minimum Gasteiger partial charge on any atom is -0.367 e. The summed E-state index contributed by atoms with van der Waals surface area (Å²) in [6.07, 6.45) is 1.19. The third-order valence-electron chi connectivity index (χ3n) is 3.65. The van der Waals surface area contributed by atoms with Gasteiger partial charge in [0.25, 0.3) is 5.91 Å². The molecule has 19 heavy (non-hydrogen) atoms. The number of nitrogens with zero attached hydrogens (tertiary/aromatic N) is 1. The molecule has 1 heterocycles. The number of anilines is 1. The van der Waals surface area contributed by atoms with Crippen molar-refractivity contribution in [2.45, 2.75) is 32.8 Å². The average Bonchev–Trinajstić information content (AvgIpc) is 2.41. The molecule has 0 radical (unpaired) electrons. The van der Waals surface area contributed by atoms with E-state index < -0.39 is 0 Å². The molecule has 2 N–H and O–H groups in total. The zero-order chi connectivity index (χ0) is 13.8. The molecule has 104 valence electrons. The summed E-state index contributed by atoms with van der Waals surface area (Å²) in [5.41, 5.74) is 8.90. The van der Waals surface area contributed by atoms with Gasteiger partial charge < -0.3 is 15.4 Å². The normalized spacial score (nSPS) is 19.8. The zero-order valence-electron chi connectivity index (χ0n) is 11.7. The highest BCUT2D eigenvalue weighted by Gasteiger charge is 2.29. The number of rotatable bonds is 4. The van der Waals surface area contributed by atoms with Gasteiger partial charge >= 0.3 is 0 Å². The molecular weight excluding hydrogens is 240 g/mol. The molecule has 1 aromatic carbocycles. The van der Waals surface area contributed by atoms with E-state index in [9.17, 15) is 4.79 Å². The Morgan fingerprint density at radius 3 is 2.84 bits per heavy atom. The molecule has 1 aromatic rings. The number of amides is 1. The fraction of sp³-hybridized carbons (Fsp3) is 0.533. The van der Waals surface area contributed by atoms with Gasteiger partial charge in [-0.1, -0.05) is 6.07 Å². The molecule has 1 atom stereocenters. The van der Waals surface area contributed by atoms with Crippen LogP contribution in [-0.4, -0.2) is 31.7 Å². The summed E-state index contributed by atoms with van der Waals surface area (Å²) < 4.78 is 5.55. The van der Waals surface area contributed by atoms with Crippen LogP contribution in [0.15, 0.2) is 18.2 Å². The number of nitrogens with two attached hydrogens (primary N) is 1. The molecule has 0 aliphatic carbocycles. The minimum absolute atomic E-state index is 0.0583. The Balaban J connectivity index is 2.14. The molecule has 1 fully saturated rings. The Kier molecular flexibility index (Phi) is 4.56. The molecule has 2 rings (SSSR count). The SMILES string of the molecule is Cc1ccc(N2CCOC(CCCN)C2=O)cc1C. The first-order chi connectivity index (χ1) is 9.13. The first-order valence-electron chi connectivity index (χ1n) is 6.84. The largest absolute Gasteiger partial charge is 0.367 e. The van der Waals surface area contributed by atoms with Crippen molar-refractivity contribution < 1.29 is 9.53 Å². The van der Waals surface area contributed by atoms with Gasteiger partial charge in [-0.15, -0.1) is 0 Å². The number of morpholine rings is 1. The van der Waals surface area contributed by atoms with Crippen molar-refractivity contribution in [3.05, 3.63) is 29.3 Å². The molecule has 4 nitrogen and oxygen atoms in total. The number of aryl methyl sites for hydroxylation is 2. The van der Waals surface area contributed by atoms with E-state index in [0.717, 1.165) is 12.1 Å².